The fourth-order valence-electron chi connectivity index (χ4n) is 3.08. The van der Waals surface area contributed by atoms with E-state index in [1.54, 1.807) is 6.92 Å². The van der Waals surface area contributed by atoms with Crippen LogP contribution in [0.4, 0.5) is 0 Å². The molecular formula is C17H20N2O. The maximum atomic E-state index is 12.2. The third kappa shape index (κ3) is 1.93. The number of hydrogen-bond donors (Lipinski definition) is 0. The maximum absolute atomic E-state index is 12.2. The molecular weight excluding hydrogens is 248 g/mol. The van der Waals surface area contributed by atoms with Crippen LogP contribution in [0.2, 0.25) is 0 Å². The van der Waals surface area contributed by atoms with Crippen molar-refractivity contribution < 1.29 is 4.79 Å². The molecule has 1 aliphatic heterocycles. The lowest BCUT2D eigenvalue weighted by Gasteiger charge is -2.27. The quantitative estimate of drug-likeness (QED) is 0.745. The number of aromatic nitrogens is 1. The minimum atomic E-state index is 0.146. The van der Waals surface area contributed by atoms with Crippen molar-refractivity contribution >= 4 is 16.7 Å². The second-order valence-corrected chi connectivity index (χ2v) is 5.86. The smallest absolute Gasteiger partial charge is 0.160 e. The molecule has 0 unspecified atom stereocenters. The summed E-state index contributed by atoms with van der Waals surface area (Å²) < 4.78 is 0. The van der Waals surface area contributed by atoms with Crippen molar-refractivity contribution in [2.45, 2.75) is 33.7 Å². The minimum Gasteiger partial charge on any atom is -0.302 e. The van der Waals surface area contributed by atoms with Crippen molar-refractivity contribution in [1.82, 2.24) is 9.88 Å². The van der Waals surface area contributed by atoms with Gasteiger partial charge in [-0.05, 0) is 44.5 Å². The summed E-state index contributed by atoms with van der Waals surface area (Å²) >= 11 is 0. The van der Waals surface area contributed by atoms with Gasteiger partial charge in [-0.3, -0.25) is 9.78 Å². The van der Waals surface area contributed by atoms with E-state index in [0.717, 1.165) is 47.2 Å². The van der Waals surface area contributed by atoms with E-state index in [2.05, 4.69) is 37.9 Å². The van der Waals surface area contributed by atoms with Crippen LogP contribution in [0.3, 0.4) is 0 Å². The van der Waals surface area contributed by atoms with Gasteiger partial charge in [-0.2, -0.15) is 0 Å². The van der Waals surface area contributed by atoms with Crippen molar-refractivity contribution in [1.29, 1.82) is 0 Å². The Labute approximate surface area is 119 Å². The second-order valence-electron chi connectivity index (χ2n) is 5.86. The van der Waals surface area contributed by atoms with Crippen molar-refractivity contribution in [3.05, 3.63) is 40.1 Å². The fourth-order valence-corrected chi connectivity index (χ4v) is 3.08. The fraction of sp³-hybridized carbons (Fsp3) is 0.412. The van der Waals surface area contributed by atoms with Crippen LogP contribution in [-0.4, -0.2) is 29.3 Å². The van der Waals surface area contributed by atoms with Crippen molar-refractivity contribution in [3.8, 4) is 0 Å². The molecule has 0 N–H and O–H groups in total. The number of hydrogen-bond acceptors (Lipinski definition) is 3. The first-order valence-electron chi connectivity index (χ1n) is 7.10. The molecule has 1 aromatic heterocycles. The van der Waals surface area contributed by atoms with Crippen LogP contribution in [0.1, 0.15) is 39.7 Å². The van der Waals surface area contributed by atoms with E-state index in [1.165, 1.54) is 11.1 Å². The van der Waals surface area contributed by atoms with E-state index in [-0.39, 0.29) is 5.78 Å². The molecule has 0 bridgehead atoms. The number of benzene rings is 1. The largest absolute Gasteiger partial charge is 0.302 e. The second kappa shape index (κ2) is 4.67. The zero-order chi connectivity index (χ0) is 14.4. The summed E-state index contributed by atoms with van der Waals surface area (Å²) in [5, 5.41) is 1.01. The summed E-state index contributed by atoms with van der Waals surface area (Å²) in [4.78, 5) is 19.3. The highest BCUT2D eigenvalue weighted by Gasteiger charge is 2.23. The van der Waals surface area contributed by atoms with Crippen LogP contribution in [-0.2, 0) is 13.0 Å². The molecule has 3 rings (SSSR count). The maximum Gasteiger partial charge on any atom is 0.160 e. The molecule has 2 heterocycles. The van der Waals surface area contributed by atoms with Crippen LogP contribution in [0, 0.1) is 13.8 Å². The first-order chi connectivity index (χ1) is 9.49. The van der Waals surface area contributed by atoms with Gasteiger partial charge in [0.25, 0.3) is 0 Å². The van der Waals surface area contributed by atoms with E-state index in [1.807, 2.05) is 0 Å². The van der Waals surface area contributed by atoms with Crippen LogP contribution in [0.25, 0.3) is 10.9 Å². The first-order valence-corrected chi connectivity index (χ1v) is 7.10. The van der Waals surface area contributed by atoms with Crippen molar-refractivity contribution in [2.24, 2.45) is 0 Å². The molecule has 1 aliphatic rings. The summed E-state index contributed by atoms with van der Waals surface area (Å²) in [6.45, 7) is 7.68. The highest BCUT2D eigenvalue weighted by atomic mass is 16.1. The normalized spacial score (nSPS) is 15.4. The third-order valence-electron chi connectivity index (χ3n) is 4.38. The van der Waals surface area contributed by atoms with E-state index in [9.17, 15) is 4.79 Å². The molecule has 104 valence electrons. The van der Waals surface area contributed by atoms with Gasteiger partial charge in [-0.15, -0.1) is 0 Å². The minimum absolute atomic E-state index is 0.146. The number of ketones is 1. The molecule has 1 aromatic carbocycles. The lowest BCUT2D eigenvalue weighted by molar-refractivity contribution is 0.101. The van der Waals surface area contributed by atoms with Crippen LogP contribution < -0.4 is 0 Å². The molecule has 0 saturated carbocycles. The lowest BCUT2D eigenvalue weighted by Crippen LogP contribution is -2.29. The number of carbonyl (C=O) groups is 1. The molecule has 0 fully saturated rings. The van der Waals surface area contributed by atoms with E-state index in [0.29, 0.717) is 0 Å². The predicted octanol–water partition coefficient (Wildman–Crippen LogP) is 3.04. The SMILES string of the molecule is CC(=O)c1c2c(nc3c(C)c(C)ccc13)CCN(C)C2. The van der Waals surface area contributed by atoms with Gasteiger partial charge in [0.05, 0.1) is 5.52 Å². The summed E-state index contributed by atoms with van der Waals surface area (Å²) in [6, 6.07) is 4.14. The molecule has 0 spiro atoms. The Morgan fingerprint density at radius 1 is 1.30 bits per heavy atom. The molecule has 3 nitrogen and oxygen atoms in total. The molecule has 0 amide bonds. The highest BCUT2D eigenvalue weighted by Crippen LogP contribution is 2.30. The lowest BCUT2D eigenvalue weighted by atomic mass is 9.92. The van der Waals surface area contributed by atoms with E-state index in [4.69, 9.17) is 4.98 Å². The molecule has 2 aromatic rings. The third-order valence-corrected chi connectivity index (χ3v) is 4.38. The van der Waals surface area contributed by atoms with E-state index >= 15 is 0 Å². The zero-order valence-corrected chi connectivity index (χ0v) is 12.6. The van der Waals surface area contributed by atoms with Gasteiger partial charge < -0.3 is 4.90 Å². The monoisotopic (exact) mass is 268 g/mol. The topological polar surface area (TPSA) is 33.2 Å². The Kier molecular flexibility index (Phi) is 3.09. The number of likely N-dealkylation sites (N-methyl/N-ethyl adjacent to an activating group) is 1. The number of aryl methyl sites for hydroxylation is 2. The zero-order valence-electron chi connectivity index (χ0n) is 12.6. The number of nitrogens with zero attached hydrogens (tertiary/aromatic N) is 2. The number of fused-ring (bicyclic) bond motifs is 2. The van der Waals surface area contributed by atoms with Crippen molar-refractivity contribution in [3.63, 3.8) is 0 Å². The number of carbonyl (C=O) groups excluding carboxylic acids is 1. The van der Waals surface area contributed by atoms with Gasteiger partial charge in [0, 0.05) is 36.2 Å². The Bertz CT molecular complexity index is 719. The number of rotatable bonds is 1. The Balaban J connectivity index is 2.41. The van der Waals surface area contributed by atoms with Gasteiger partial charge in [-0.1, -0.05) is 12.1 Å². The average molecular weight is 268 g/mol. The standard InChI is InChI=1S/C17H20N2O/c1-10-5-6-13-16(12(3)20)14-9-19(4)8-7-15(14)18-17(13)11(10)2/h5-6H,7-9H2,1-4H3. The van der Waals surface area contributed by atoms with Crippen LogP contribution in [0.15, 0.2) is 12.1 Å². The van der Waals surface area contributed by atoms with Crippen molar-refractivity contribution in [2.75, 3.05) is 13.6 Å². The molecule has 20 heavy (non-hydrogen) atoms. The van der Waals surface area contributed by atoms with Gasteiger partial charge in [0.1, 0.15) is 0 Å². The number of pyridine rings is 1. The summed E-state index contributed by atoms with van der Waals surface area (Å²) in [5.41, 5.74) is 6.52. The van der Waals surface area contributed by atoms with Gasteiger partial charge >= 0.3 is 0 Å². The van der Waals surface area contributed by atoms with Crippen LogP contribution >= 0.6 is 0 Å². The predicted molar refractivity (Wildman–Crippen MR) is 81.3 cm³/mol. The molecule has 3 heteroatoms. The van der Waals surface area contributed by atoms with Gasteiger partial charge in [0.15, 0.2) is 5.78 Å². The highest BCUT2D eigenvalue weighted by molar-refractivity contribution is 6.08. The summed E-state index contributed by atoms with van der Waals surface area (Å²) in [7, 11) is 2.09. The first kappa shape index (κ1) is 13.3. The number of Topliss-reactive ketones (excluding diaryl/α,β-unsaturated/α-hetero) is 1. The molecule has 0 atom stereocenters. The van der Waals surface area contributed by atoms with E-state index < -0.39 is 0 Å². The average Bonchev–Trinajstić information content (AvgIpc) is 2.40. The molecule has 0 radical (unpaired) electrons. The molecule has 0 saturated heterocycles. The summed E-state index contributed by atoms with van der Waals surface area (Å²) in [6.07, 6.45) is 0.926. The van der Waals surface area contributed by atoms with Gasteiger partial charge in [0.2, 0.25) is 0 Å². The van der Waals surface area contributed by atoms with Gasteiger partial charge in [-0.25, -0.2) is 0 Å². The van der Waals surface area contributed by atoms with Crippen LogP contribution in [0.5, 0.6) is 0 Å². The summed E-state index contributed by atoms with van der Waals surface area (Å²) in [5.74, 6) is 0.146. The Hall–Kier alpha value is -1.74. The molecule has 0 aliphatic carbocycles. The Morgan fingerprint density at radius 2 is 2.05 bits per heavy atom. The Morgan fingerprint density at radius 3 is 2.75 bits per heavy atom.